The van der Waals surface area contributed by atoms with Crippen molar-refractivity contribution in [1.82, 2.24) is 9.97 Å². The van der Waals surface area contributed by atoms with Crippen molar-refractivity contribution in [3.8, 4) is 0 Å². The molecule has 1 amide bonds. The molecule has 0 saturated heterocycles. The van der Waals surface area contributed by atoms with Crippen LogP contribution in [0.2, 0.25) is 0 Å². The van der Waals surface area contributed by atoms with Crippen LogP contribution in [-0.4, -0.2) is 21.9 Å². The Labute approximate surface area is 112 Å². The van der Waals surface area contributed by atoms with Gasteiger partial charge in [0.2, 0.25) is 5.91 Å². The quantitative estimate of drug-likeness (QED) is 0.880. The highest BCUT2D eigenvalue weighted by Gasteiger charge is 2.13. The standard InChI is InChI=1S/C14H16N4O/c1-10-8-15-9-13(16-10)17-11(2)14(19)18-12-6-4-3-5-7-12/h3-9,11H,1-2H3,(H,16,17)(H,18,19). The maximum absolute atomic E-state index is 12.0. The molecule has 0 fully saturated rings. The number of hydrogen-bond donors (Lipinski definition) is 2. The molecule has 0 saturated carbocycles. The summed E-state index contributed by atoms with van der Waals surface area (Å²) in [7, 11) is 0. The van der Waals surface area contributed by atoms with Gasteiger partial charge in [-0.2, -0.15) is 0 Å². The zero-order chi connectivity index (χ0) is 13.7. The van der Waals surface area contributed by atoms with Crippen molar-refractivity contribution >= 4 is 17.4 Å². The highest BCUT2D eigenvalue weighted by Crippen LogP contribution is 2.08. The van der Waals surface area contributed by atoms with Gasteiger partial charge in [0.25, 0.3) is 0 Å². The summed E-state index contributed by atoms with van der Waals surface area (Å²) < 4.78 is 0. The molecular weight excluding hydrogens is 240 g/mol. The largest absolute Gasteiger partial charge is 0.357 e. The van der Waals surface area contributed by atoms with E-state index in [0.29, 0.717) is 5.82 Å². The summed E-state index contributed by atoms with van der Waals surface area (Å²) in [5.41, 5.74) is 1.58. The summed E-state index contributed by atoms with van der Waals surface area (Å²) in [6.07, 6.45) is 3.26. The van der Waals surface area contributed by atoms with Crippen LogP contribution in [-0.2, 0) is 4.79 Å². The molecule has 2 rings (SSSR count). The molecule has 5 nitrogen and oxygen atoms in total. The van der Waals surface area contributed by atoms with Gasteiger partial charge in [-0.05, 0) is 26.0 Å². The minimum atomic E-state index is -0.392. The monoisotopic (exact) mass is 256 g/mol. The van der Waals surface area contributed by atoms with Crippen molar-refractivity contribution in [2.45, 2.75) is 19.9 Å². The maximum Gasteiger partial charge on any atom is 0.246 e. The van der Waals surface area contributed by atoms with Crippen LogP contribution in [0.3, 0.4) is 0 Å². The average molecular weight is 256 g/mol. The average Bonchev–Trinajstić information content (AvgIpc) is 2.40. The van der Waals surface area contributed by atoms with Crippen LogP contribution in [0.5, 0.6) is 0 Å². The third-order valence-corrected chi connectivity index (χ3v) is 2.55. The molecule has 0 aliphatic heterocycles. The molecule has 0 spiro atoms. The summed E-state index contributed by atoms with van der Waals surface area (Å²) in [6, 6.07) is 8.95. The number of carbonyl (C=O) groups excluding carboxylic acids is 1. The number of para-hydroxylation sites is 1. The van der Waals surface area contributed by atoms with E-state index in [1.54, 1.807) is 19.3 Å². The fraction of sp³-hybridized carbons (Fsp3) is 0.214. The van der Waals surface area contributed by atoms with Gasteiger partial charge < -0.3 is 10.6 Å². The van der Waals surface area contributed by atoms with Crippen molar-refractivity contribution in [3.05, 3.63) is 48.4 Å². The van der Waals surface area contributed by atoms with Crippen LogP contribution >= 0.6 is 0 Å². The number of benzene rings is 1. The van der Waals surface area contributed by atoms with Gasteiger partial charge in [-0.3, -0.25) is 9.78 Å². The van der Waals surface area contributed by atoms with Gasteiger partial charge in [0.15, 0.2) is 0 Å². The van der Waals surface area contributed by atoms with E-state index in [1.165, 1.54) is 0 Å². The Morgan fingerprint density at radius 3 is 2.63 bits per heavy atom. The number of anilines is 2. The van der Waals surface area contributed by atoms with Crippen molar-refractivity contribution in [3.63, 3.8) is 0 Å². The first-order valence-electron chi connectivity index (χ1n) is 6.06. The summed E-state index contributed by atoms with van der Waals surface area (Å²) in [5, 5.41) is 5.84. The molecule has 19 heavy (non-hydrogen) atoms. The Morgan fingerprint density at radius 2 is 1.95 bits per heavy atom. The number of amides is 1. The zero-order valence-electron chi connectivity index (χ0n) is 10.9. The van der Waals surface area contributed by atoms with E-state index in [4.69, 9.17) is 0 Å². The number of nitrogens with zero attached hydrogens (tertiary/aromatic N) is 2. The Bertz CT molecular complexity index is 556. The molecule has 0 radical (unpaired) electrons. The van der Waals surface area contributed by atoms with E-state index in [-0.39, 0.29) is 5.91 Å². The molecule has 1 unspecified atom stereocenters. The van der Waals surface area contributed by atoms with Gasteiger partial charge in [-0.15, -0.1) is 0 Å². The predicted molar refractivity (Wildman–Crippen MR) is 74.9 cm³/mol. The van der Waals surface area contributed by atoms with E-state index in [1.807, 2.05) is 37.3 Å². The van der Waals surface area contributed by atoms with Crippen LogP contribution < -0.4 is 10.6 Å². The highest BCUT2D eigenvalue weighted by molar-refractivity contribution is 5.96. The number of nitrogens with one attached hydrogen (secondary N) is 2. The lowest BCUT2D eigenvalue weighted by molar-refractivity contribution is -0.116. The van der Waals surface area contributed by atoms with Gasteiger partial charge in [0.05, 0.1) is 11.9 Å². The fourth-order valence-electron chi connectivity index (χ4n) is 1.59. The first kappa shape index (κ1) is 13.0. The number of hydrogen-bond acceptors (Lipinski definition) is 4. The summed E-state index contributed by atoms with van der Waals surface area (Å²) in [6.45, 7) is 3.63. The summed E-state index contributed by atoms with van der Waals surface area (Å²) in [4.78, 5) is 20.3. The van der Waals surface area contributed by atoms with Crippen LogP contribution in [0.25, 0.3) is 0 Å². The number of carbonyl (C=O) groups is 1. The van der Waals surface area contributed by atoms with E-state index in [9.17, 15) is 4.79 Å². The number of rotatable bonds is 4. The van der Waals surface area contributed by atoms with Crippen LogP contribution in [0.4, 0.5) is 11.5 Å². The minimum Gasteiger partial charge on any atom is -0.357 e. The lowest BCUT2D eigenvalue weighted by Gasteiger charge is -2.14. The molecule has 0 aliphatic carbocycles. The van der Waals surface area contributed by atoms with Crippen molar-refractivity contribution < 1.29 is 4.79 Å². The first-order chi connectivity index (χ1) is 9.15. The van der Waals surface area contributed by atoms with E-state index in [0.717, 1.165) is 11.4 Å². The molecular formula is C14H16N4O. The first-order valence-corrected chi connectivity index (χ1v) is 6.06. The van der Waals surface area contributed by atoms with Crippen molar-refractivity contribution in [2.24, 2.45) is 0 Å². The molecule has 2 aromatic rings. The fourth-order valence-corrected chi connectivity index (χ4v) is 1.59. The third-order valence-electron chi connectivity index (χ3n) is 2.55. The molecule has 98 valence electrons. The van der Waals surface area contributed by atoms with Gasteiger partial charge in [0, 0.05) is 11.9 Å². The molecule has 2 N–H and O–H groups in total. The number of aryl methyl sites for hydroxylation is 1. The van der Waals surface area contributed by atoms with Crippen LogP contribution in [0.15, 0.2) is 42.7 Å². The third kappa shape index (κ3) is 3.77. The Hall–Kier alpha value is -2.43. The van der Waals surface area contributed by atoms with Gasteiger partial charge in [-0.1, -0.05) is 18.2 Å². The van der Waals surface area contributed by atoms with Crippen LogP contribution in [0.1, 0.15) is 12.6 Å². The van der Waals surface area contributed by atoms with Gasteiger partial charge >= 0.3 is 0 Å². The molecule has 1 atom stereocenters. The van der Waals surface area contributed by atoms with Gasteiger partial charge in [-0.25, -0.2) is 4.98 Å². The van der Waals surface area contributed by atoms with E-state index >= 15 is 0 Å². The normalized spacial score (nSPS) is 11.7. The molecule has 0 aliphatic rings. The molecule has 0 bridgehead atoms. The zero-order valence-corrected chi connectivity index (χ0v) is 10.9. The topological polar surface area (TPSA) is 66.9 Å². The molecule has 1 aromatic heterocycles. The number of aromatic nitrogens is 2. The Morgan fingerprint density at radius 1 is 1.21 bits per heavy atom. The van der Waals surface area contributed by atoms with Crippen LogP contribution in [0, 0.1) is 6.92 Å². The Balaban J connectivity index is 1.96. The molecule has 5 heteroatoms. The van der Waals surface area contributed by atoms with Gasteiger partial charge in [0.1, 0.15) is 11.9 Å². The second-order valence-corrected chi connectivity index (χ2v) is 4.27. The lowest BCUT2D eigenvalue weighted by Crippen LogP contribution is -2.32. The SMILES string of the molecule is Cc1cncc(NC(C)C(=O)Nc2ccccc2)n1. The smallest absolute Gasteiger partial charge is 0.246 e. The van der Waals surface area contributed by atoms with Crippen molar-refractivity contribution in [1.29, 1.82) is 0 Å². The van der Waals surface area contributed by atoms with Crippen molar-refractivity contribution in [2.75, 3.05) is 10.6 Å². The molecule has 1 heterocycles. The second kappa shape index (κ2) is 5.95. The van der Waals surface area contributed by atoms with E-state index < -0.39 is 6.04 Å². The lowest BCUT2D eigenvalue weighted by atomic mass is 10.2. The Kier molecular flexibility index (Phi) is 4.07. The summed E-state index contributed by atoms with van der Waals surface area (Å²) >= 11 is 0. The summed E-state index contributed by atoms with van der Waals surface area (Å²) in [5.74, 6) is 0.477. The highest BCUT2D eigenvalue weighted by atomic mass is 16.2. The van der Waals surface area contributed by atoms with E-state index in [2.05, 4.69) is 20.6 Å². The minimum absolute atomic E-state index is 0.116. The molecule has 1 aromatic carbocycles. The maximum atomic E-state index is 12.0. The predicted octanol–water partition coefficient (Wildman–Crippen LogP) is 2.22. The second-order valence-electron chi connectivity index (χ2n) is 4.27.